The van der Waals surface area contributed by atoms with Crippen LogP contribution in [0.1, 0.15) is 17.2 Å². The maximum Gasteiger partial charge on any atom is 0.0804 e. The molecule has 1 aromatic carbocycles. The highest BCUT2D eigenvalue weighted by Gasteiger charge is 2.29. The molecule has 1 aromatic rings. The Morgan fingerprint density at radius 1 is 1.50 bits per heavy atom. The van der Waals surface area contributed by atoms with Crippen molar-refractivity contribution in [3.63, 3.8) is 0 Å². The van der Waals surface area contributed by atoms with Crippen molar-refractivity contribution in [2.75, 3.05) is 7.11 Å². The van der Waals surface area contributed by atoms with Crippen LogP contribution in [-0.4, -0.2) is 13.2 Å². The molecule has 1 aliphatic rings. The third kappa shape index (κ3) is 1.89. The van der Waals surface area contributed by atoms with Crippen molar-refractivity contribution in [3.05, 3.63) is 34.3 Å². The van der Waals surface area contributed by atoms with E-state index in [4.69, 9.17) is 22.1 Å². The van der Waals surface area contributed by atoms with Crippen molar-refractivity contribution in [1.82, 2.24) is 0 Å². The molecule has 2 atom stereocenters. The van der Waals surface area contributed by atoms with Gasteiger partial charge in [-0.3, -0.25) is 0 Å². The molecule has 0 saturated carbocycles. The summed E-state index contributed by atoms with van der Waals surface area (Å²) < 4.78 is 5.28. The lowest BCUT2D eigenvalue weighted by Gasteiger charge is -2.13. The minimum absolute atomic E-state index is 0. The second-order valence-corrected chi connectivity index (χ2v) is 3.78. The smallest absolute Gasteiger partial charge is 0.0804 e. The first kappa shape index (κ1) is 11.8. The van der Waals surface area contributed by atoms with Gasteiger partial charge in [-0.05, 0) is 23.3 Å². The van der Waals surface area contributed by atoms with Gasteiger partial charge in [0.1, 0.15) is 0 Å². The van der Waals surface area contributed by atoms with Gasteiger partial charge in [0.05, 0.1) is 12.1 Å². The summed E-state index contributed by atoms with van der Waals surface area (Å²) in [6.07, 6.45) is 0.974. The Morgan fingerprint density at radius 2 is 2.21 bits per heavy atom. The zero-order valence-corrected chi connectivity index (χ0v) is 9.44. The van der Waals surface area contributed by atoms with E-state index in [1.807, 2.05) is 18.2 Å². The van der Waals surface area contributed by atoms with E-state index < -0.39 is 0 Å². The normalized spacial score (nSPS) is 24.2. The standard InChI is InChI=1S/C10H12ClNO.ClH/c1-13-9-5-6-4-7(11)2-3-8(6)10(9)12;/h2-4,9-10H,5,12H2,1H3;1H/t9-,10+;/m0./s1. The van der Waals surface area contributed by atoms with E-state index in [-0.39, 0.29) is 24.6 Å². The molecule has 2 nitrogen and oxygen atoms in total. The average molecular weight is 234 g/mol. The Hall–Kier alpha value is -0.280. The van der Waals surface area contributed by atoms with Crippen LogP contribution < -0.4 is 5.73 Å². The van der Waals surface area contributed by atoms with Gasteiger partial charge < -0.3 is 10.5 Å². The average Bonchev–Trinajstić information content (AvgIpc) is 2.42. The number of hydrogen-bond donors (Lipinski definition) is 1. The molecule has 0 amide bonds. The molecule has 0 heterocycles. The molecule has 4 heteroatoms. The summed E-state index contributed by atoms with van der Waals surface area (Å²) in [4.78, 5) is 0. The molecule has 2 N–H and O–H groups in total. The molecule has 0 unspecified atom stereocenters. The number of nitrogens with two attached hydrogens (primary N) is 1. The highest BCUT2D eigenvalue weighted by atomic mass is 35.5. The first-order valence-corrected chi connectivity index (χ1v) is 4.67. The number of methoxy groups -OCH3 is 1. The van der Waals surface area contributed by atoms with Gasteiger partial charge in [-0.15, -0.1) is 12.4 Å². The molecule has 0 aliphatic heterocycles. The molecule has 0 spiro atoms. The van der Waals surface area contributed by atoms with Crippen molar-refractivity contribution in [2.24, 2.45) is 5.73 Å². The number of benzene rings is 1. The Kier molecular flexibility index (Phi) is 3.78. The van der Waals surface area contributed by atoms with Gasteiger partial charge in [-0.25, -0.2) is 0 Å². The second-order valence-electron chi connectivity index (χ2n) is 3.35. The Bertz CT molecular complexity index is 330. The second kappa shape index (κ2) is 4.49. The number of rotatable bonds is 1. The monoisotopic (exact) mass is 233 g/mol. The molecule has 2 rings (SSSR count). The third-order valence-corrected chi connectivity index (χ3v) is 2.82. The fourth-order valence-corrected chi connectivity index (χ4v) is 2.04. The first-order valence-electron chi connectivity index (χ1n) is 4.29. The molecule has 14 heavy (non-hydrogen) atoms. The van der Waals surface area contributed by atoms with Gasteiger partial charge in [0.2, 0.25) is 0 Å². The maximum absolute atomic E-state index is 5.98. The zero-order valence-electron chi connectivity index (χ0n) is 7.87. The largest absolute Gasteiger partial charge is 0.379 e. The van der Waals surface area contributed by atoms with E-state index >= 15 is 0 Å². The molecule has 0 bridgehead atoms. The molecule has 0 saturated heterocycles. The van der Waals surface area contributed by atoms with Crippen molar-refractivity contribution in [1.29, 1.82) is 0 Å². The number of ether oxygens (including phenoxy) is 1. The number of hydrogen-bond acceptors (Lipinski definition) is 2. The van der Waals surface area contributed by atoms with Crippen LogP contribution in [0, 0.1) is 0 Å². The van der Waals surface area contributed by atoms with E-state index in [1.165, 1.54) is 5.56 Å². The Morgan fingerprint density at radius 3 is 2.86 bits per heavy atom. The minimum Gasteiger partial charge on any atom is -0.379 e. The summed E-state index contributed by atoms with van der Waals surface area (Å²) in [6, 6.07) is 5.83. The van der Waals surface area contributed by atoms with Crippen LogP contribution in [-0.2, 0) is 11.2 Å². The van der Waals surface area contributed by atoms with Crippen LogP contribution in [0.3, 0.4) is 0 Å². The van der Waals surface area contributed by atoms with Crippen molar-refractivity contribution in [3.8, 4) is 0 Å². The molecule has 78 valence electrons. The van der Waals surface area contributed by atoms with Crippen LogP contribution in [0.15, 0.2) is 18.2 Å². The lowest BCUT2D eigenvalue weighted by molar-refractivity contribution is 0.0907. The summed E-state index contributed by atoms with van der Waals surface area (Å²) >= 11 is 5.88. The maximum atomic E-state index is 5.98. The van der Waals surface area contributed by atoms with Crippen molar-refractivity contribution >= 4 is 24.0 Å². The number of fused-ring (bicyclic) bond motifs is 1. The van der Waals surface area contributed by atoms with Gasteiger partial charge >= 0.3 is 0 Å². The van der Waals surface area contributed by atoms with Crippen LogP contribution in [0.5, 0.6) is 0 Å². The molecule has 1 aliphatic carbocycles. The Balaban J connectivity index is 0.000000980. The quantitative estimate of drug-likeness (QED) is 0.809. The summed E-state index contributed by atoms with van der Waals surface area (Å²) in [5.74, 6) is 0. The van der Waals surface area contributed by atoms with E-state index in [2.05, 4.69) is 0 Å². The topological polar surface area (TPSA) is 35.2 Å². The third-order valence-electron chi connectivity index (χ3n) is 2.59. The van der Waals surface area contributed by atoms with Gasteiger partial charge in [-0.1, -0.05) is 17.7 Å². The van der Waals surface area contributed by atoms with Crippen molar-refractivity contribution in [2.45, 2.75) is 18.6 Å². The minimum atomic E-state index is -0.00253. The SMILES string of the molecule is CO[C@H]1Cc2cc(Cl)ccc2[C@H]1N.Cl. The van der Waals surface area contributed by atoms with Gasteiger partial charge in [0.25, 0.3) is 0 Å². The predicted octanol–water partition coefficient (Wildman–Crippen LogP) is 2.33. The molecule has 0 aromatic heterocycles. The van der Waals surface area contributed by atoms with Crippen LogP contribution >= 0.6 is 24.0 Å². The molecular weight excluding hydrogens is 221 g/mol. The lowest BCUT2D eigenvalue weighted by atomic mass is 10.1. The van der Waals surface area contributed by atoms with Crippen LogP contribution in [0.25, 0.3) is 0 Å². The first-order chi connectivity index (χ1) is 6.22. The Labute approximate surface area is 94.8 Å². The fourth-order valence-electron chi connectivity index (χ4n) is 1.85. The number of halogens is 2. The fraction of sp³-hybridized carbons (Fsp3) is 0.400. The van der Waals surface area contributed by atoms with E-state index in [1.54, 1.807) is 7.11 Å². The zero-order chi connectivity index (χ0) is 9.42. The predicted molar refractivity (Wildman–Crippen MR) is 60.1 cm³/mol. The van der Waals surface area contributed by atoms with E-state index in [0.717, 1.165) is 17.0 Å². The van der Waals surface area contributed by atoms with Crippen molar-refractivity contribution < 1.29 is 4.74 Å². The van der Waals surface area contributed by atoms with E-state index in [0.29, 0.717) is 0 Å². The summed E-state index contributed by atoms with van der Waals surface area (Å²) in [7, 11) is 1.69. The van der Waals surface area contributed by atoms with Gasteiger partial charge in [-0.2, -0.15) is 0 Å². The summed E-state index contributed by atoms with van der Waals surface area (Å²) in [5, 5.41) is 0.766. The highest BCUT2D eigenvalue weighted by Crippen LogP contribution is 2.32. The summed E-state index contributed by atoms with van der Waals surface area (Å²) in [6.45, 7) is 0. The molecule has 0 fully saturated rings. The van der Waals surface area contributed by atoms with Crippen LogP contribution in [0.4, 0.5) is 0 Å². The lowest BCUT2D eigenvalue weighted by Crippen LogP contribution is -2.23. The summed E-state index contributed by atoms with van der Waals surface area (Å²) in [5.41, 5.74) is 8.36. The highest BCUT2D eigenvalue weighted by molar-refractivity contribution is 6.30. The van der Waals surface area contributed by atoms with Gasteiger partial charge in [0, 0.05) is 18.6 Å². The molecule has 0 radical (unpaired) electrons. The van der Waals surface area contributed by atoms with Gasteiger partial charge in [0.15, 0.2) is 0 Å². The van der Waals surface area contributed by atoms with Crippen LogP contribution in [0.2, 0.25) is 5.02 Å². The molecular formula is C10H13Cl2NO. The van der Waals surface area contributed by atoms with E-state index in [9.17, 15) is 0 Å².